The fourth-order valence-corrected chi connectivity index (χ4v) is 17.2. The number of aryl methyl sites for hydroxylation is 1. The van der Waals surface area contributed by atoms with Gasteiger partial charge in [-0.1, -0.05) is 108 Å². The minimum atomic E-state index is -4.64. The van der Waals surface area contributed by atoms with Crippen molar-refractivity contribution in [3.05, 3.63) is 204 Å². The minimum Gasteiger partial charge on any atom is -1.00 e. The second-order valence-corrected chi connectivity index (χ2v) is 34.9. The number of ether oxygens (including phenoxy) is 4. The van der Waals surface area contributed by atoms with Crippen LogP contribution in [-0.2, 0) is 49.5 Å². The summed E-state index contributed by atoms with van der Waals surface area (Å²) in [6, 6.07) is 26.9. The molecule has 5 heterocycles. The predicted octanol–water partition coefficient (Wildman–Crippen LogP) is 8.06. The molecule has 1 aromatic heterocycles. The van der Waals surface area contributed by atoms with E-state index in [1.54, 1.807) is 121 Å². The van der Waals surface area contributed by atoms with Gasteiger partial charge in [-0.05, 0) is 135 Å². The molecule has 6 aliphatic rings. The van der Waals surface area contributed by atoms with E-state index in [0.717, 1.165) is 50.3 Å². The van der Waals surface area contributed by atoms with Crippen LogP contribution < -0.4 is 51.1 Å². The molecule has 32 nitrogen and oxygen atoms in total. The number of amides is 1. The molecular weight excluding hydrogens is 1630 g/mol. The Morgan fingerprint density at radius 3 is 1.91 bits per heavy atom. The molecule has 652 valence electrons. The van der Waals surface area contributed by atoms with Crippen LogP contribution in [0.15, 0.2) is 165 Å². The molecule has 1 saturated heterocycles. The summed E-state index contributed by atoms with van der Waals surface area (Å²) in [6.45, 7) is 21.3. The number of aliphatic hydroxyl groups is 4. The van der Waals surface area contributed by atoms with E-state index in [-0.39, 0.29) is 110 Å². The number of halogens is 1. The first kappa shape index (κ1) is 97.5. The quantitative estimate of drug-likeness (QED) is 0.00851. The number of allylic oxidation sites excluding steroid dienone is 3. The number of nitro groups is 1. The largest absolute Gasteiger partial charge is 1.00 e. The summed E-state index contributed by atoms with van der Waals surface area (Å²) in [6.07, 6.45) is 9.67. The van der Waals surface area contributed by atoms with Crippen molar-refractivity contribution in [3.63, 3.8) is 0 Å². The van der Waals surface area contributed by atoms with Crippen LogP contribution in [0.1, 0.15) is 151 Å². The summed E-state index contributed by atoms with van der Waals surface area (Å²) in [5, 5.41) is 80.9. The molecule has 6 aromatic carbocycles. The Hall–Kier alpha value is -9.95. The van der Waals surface area contributed by atoms with Crippen molar-refractivity contribution in [1.82, 2.24) is 14.5 Å². The Kier molecular flexibility index (Phi) is 32.8. The van der Waals surface area contributed by atoms with Gasteiger partial charge >= 0.3 is 44.3 Å². The molecule has 0 radical (unpaired) electrons. The van der Waals surface area contributed by atoms with Gasteiger partial charge in [-0.3, -0.25) is 29.0 Å². The number of methoxy groups -OCH3 is 1. The number of anilines is 3. The Morgan fingerprint density at radius 1 is 0.803 bits per heavy atom. The van der Waals surface area contributed by atoms with Gasteiger partial charge in [-0.25, -0.2) is 27.5 Å². The van der Waals surface area contributed by atoms with Crippen molar-refractivity contribution in [2.24, 2.45) is 45.5 Å². The van der Waals surface area contributed by atoms with Gasteiger partial charge in [0.05, 0.1) is 57.6 Å². The third-order valence-corrected chi connectivity index (χ3v) is 24.5. The first-order chi connectivity index (χ1) is 56.9. The number of aromatic hydroxyl groups is 2. The minimum absolute atomic E-state index is 0. The van der Waals surface area contributed by atoms with Crippen LogP contribution in [0.3, 0.4) is 0 Å². The maximum Gasteiger partial charge on any atom is 1.00 e. The zero-order valence-electron chi connectivity index (χ0n) is 71.1. The smallest absolute Gasteiger partial charge is 1.00 e. The van der Waals surface area contributed by atoms with Crippen LogP contribution in [0.2, 0.25) is 5.02 Å². The number of rotatable bonds is 11. The number of imidazole rings is 1. The Balaban J connectivity index is 0.000000270. The number of carbonyl (C=O) groups is 5. The first-order valence-corrected chi connectivity index (χ1v) is 42.8. The normalized spacial score (nSPS) is 24.3. The van der Waals surface area contributed by atoms with E-state index in [2.05, 4.69) is 46.2 Å². The molecule has 36 heteroatoms. The number of ketones is 3. The zero-order chi connectivity index (χ0) is 89.2. The molecule has 1 spiro atoms. The summed E-state index contributed by atoms with van der Waals surface area (Å²) in [5.41, 5.74) is 14.3. The Labute approximate surface area is 724 Å². The number of phenolic OH excluding ortho intramolecular Hbond substituents is 2. The van der Waals surface area contributed by atoms with Crippen LogP contribution in [0.25, 0.3) is 16.5 Å². The number of benzene rings is 6. The number of aromatic nitrogens is 2. The number of phenols is 2. The van der Waals surface area contributed by atoms with Crippen LogP contribution >= 0.6 is 19.4 Å². The fourth-order valence-electron chi connectivity index (χ4n) is 15.9. The first-order valence-electron chi connectivity index (χ1n) is 39.3. The number of carbonyl (C=O) groups excluding carboxylic acids is 5. The topological polar surface area (TPSA) is 509 Å². The maximum atomic E-state index is 14.7. The van der Waals surface area contributed by atoms with Gasteiger partial charge in [-0.2, -0.15) is 0 Å². The number of nitrogens with one attached hydrogen (secondary N) is 1. The fraction of sp³-hybridized carbons (Fsp3) is 0.419. The maximum absolute atomic E-state index is 14.7. The van der Waals surface area contributed by atoms with Crippen molar-refractivity contribution >= 4 is 97.9 Å². The van der Waals surface area contributed by atoms with Crippen molar-refractivity contribution in [1.29, 1.82) is 0 Å². The number of fused-ring (bicyclic) bond motifs is 2. The molecular formula is C86H106ClLiN9O23PS. The number of Topliss-reactive ketones (excluding diaryl/α,β-unsaturated/α-hetero) is 3. The molecule has 122 heavy (non-hydrogen) atoms. The van der Waals surface area contributed by atoms with Crippen molar-refractivity contribution in [3.8, 4) is 17.2 Å². The molecule has 4 bridgehead atoms. The van der Waals surface area contributed by atoms with Crippen LogP contribution in [0.4, 0.5) is 22.9 Å². The van der Waals surface area contributed by atoms with E-state index in [1.165, 1.54) is 67.8 Å². The van der Waals surface area contributed by atoms with E-state index >= 15 is 0 Å². The zero-order valence-corrected chi connectivity index (χ0v) is 72.6. The summed E-state index contributed by atoms with van der Waals surface area (Å²) in [5.74, 6) is -6.82. The van der Waals surface area contributed by atoms with Gasteiger partial charge in [0.2, 0.25) is 21.4 Å². The number of phosphoric acid groups is 1. The van der Waals surface area contributed by atoms with Gasteiger partial charge in [-0.15, -0.1) is 0 Å². The van der Waals surface area contributed by atoms with Gasteiger partial charge in [0, 0.05) is 134 Å². The summed E-state index contributed by atoms with van der Waals surface area (Å²) in [7, 11) is -6.65. The van der Waals surface area contributed by atoms with Crippen molar-refractivity contribution in [2.75, 3.05) is 50.1 Å². The number of nitrogens with two attached hydrogens (primary N) is 2. The van der Waals surface area contributed by atoms with Crippen LogP contribution in [0.5, 0.6) is 17.2 Å². The second-order valence-electron chi connectivity index (χ2n) is 31.5. The monoisotopic (exact) mass is 1740 g/mol. The van der Waals surface area contributed by atoms with E-state index in [0.29, 0.717) is 64.3 Å². The number of aliphatic hydroxyl groups excluding tert-OH is 4. The number of hydrogen-bond acceptors (Lipinski definition) is 26. The van der Waals surface area contributed by atoms with E-state index < -0.39 is 117 Å². The summed E-state index contributed by atoms with van der Waals surface area (Å²) < 4.78 is 58.6. The van der Waals surface area contributed by atoms with Gasteiger partial charge in [0.15, 0.2) is 11.6 Å². The third-order valence-electron chi connectivity index (χ3n) is 22.4. The molecule has 1 saturated carbocycles. The Bertz CT molecular complexity index is 5420. The van der Waals surface area contributed by atoms with E-state index in [4.69, 9.17) is 71.4 Å². The summed E-state index contributed by atoms with van der Waals surface area (Å²) >= 11 is 5.96. The molecule has 9 atom stereocenters. The molecule has 1 amide bonds. The number of nitrogens with zero attached hydrogens (tertiary/aromatic N) is 6. The molecule has 4 aliphatic heterocycles. The standard InChI is InChI=1S/C46H62N4O11.C22H19ClO3.C12H12N2O2S.C6H9N3O3.Li.H3O4P.H/c1-22(2)21-50-18-16-46(17-19-50)48-34-31-32-39(54)28(8)42-33(31)43(56)45(10,61-42)59-20-15-30(58-11)25(5)41(60-29(9)51)27(7)38(53)26(6)37(52)23(3)13-12-14-24(4)44(57)47-36(40(32)55)35(34)49-46;23-16-11-9-14(10-12-16)13-5-7-15(8-6-13)19-20(24)17-3-1-2-4-18(17)21(25)22(19)26;13-9-1-5-11(6-2-9)17(15,16)12-7-3-10(14)4-8-12;1-5-7-4-6(9(11)12)8(5)2-3-10;;1-5(2,3)4;/h12-15,20,22-23,25-27,30,37-38,41,48,52-55H,16-19,21H2,1-11H3;1-4,9-13,15,24H,5-8H2;1-8H,13-14H2;4,10H,2-3H2,1H3;;(H3,1,2,3,4);/q;;;;+1;;-1/b13-12-,20-15-,24-14-,47-36?;;;;;;/t23-,25-,26+,27+,30-,37-,38+,41-,45+;;;;;;/m1....../s1. The number of nitrogen functional groups attached to an aromatic ring is 2. The van der Waals surface area contributed by atoms with Gasteiger partial charge in [0.1, 0.15) is 52.5 Å². The third kappa shape index (κ3) is 22.5. The molecule has 13 rings (SSSR count). The molecule has 0 unspecified atom stereocenters. The number of piperidine rings is 1. The second kappa shape index (κ2) is 41.0. The Morgan fingerprint density at radius 2 is 1.37 bits per heavy atom. The molecule has 2 aliphatic carbocycles. The van der Waals surface area contributed by atoms with Gasteiger partial charge in [0.25, 0.3) is 11.7 Å². The number of hydrogen-bond donors (Lipinski definition) is 12. The van der Waals surface area contributed by atoms with Crippen LogP contribution in [-0.4, -0.2) is 172 Å². The number of esters is 1. The van der Waals surface area contributed by atoms with Gasteiger partial charge < -0.3 is 97.5 Å². The average molecular weight is 1740 g/mol. The number of likely N-dealkylation sites (tertiary alicyclic amines) is 1. The average Bonchev–Trinajstić information content (AvgIpc) is 1.54. The SMILES string of the molecule is CO[C@@H]1/C=C\O[C@@]2(C)Oc3c(C)c(O)c4c(O)c(c5c(c4c3C2=O)NC2(CCN(CC(C)C)CC2)N=5)=NC(=O)/C(C)=C\C=C/[C@@H](C)[C@@H](O)[C@H](C)[C@H](O)[C@H](C)[C@H](OC(C)=O)[C@@H]1C.Cc1ncc([N+](=O)[O-])n1CCO.Nc1ccc(S(=O)(=O)c2ccc(N)cc2)cc1.O=C1C(=O)c2ccccc2C(O)=C1C1CCC(c2ccc(Cl)cc2)CC1.O=P(O)(O)O.[H-].[Li+]. The van der Waals surface area contributed by atoms with Crippen molar-refractivity contribution < 1.29 is 126 Å². The van der Waals surface area contributed by atoms with E-state index in [1.807, 2.05) is 12.1 Å². The van der Waals surface area contributed by atoms with Crippen LogP contribution in [0, 0.1) is 59.5 Å². The molecule has 7 aromatic rings. The number of sulfone groups is 1. The molecule has 14 N–H and O–H groups in total. The summed E-state index contributed by atoms with van der Waals surface area (Å²) in [4.78, 5) is 114. The van der Waals surface area contributed by atoms with Crippen molar-refractivity contribution in [2.45, 2.75) is 173 Å². The molecule has 2 fully saturated rings. The predicted molar refractivity (Wildman–Crippen MR) is 452 cm³/mol. The van der Waals surface area contributed by atoms with E-state index in [9.17, 15) is 68.0 Å².